The van der Waals surface area contributed by atoms with Gasteiger partial charge in [-0.25, -0.2) is 14.7 Å². The van der Waals surface area contributed by atoms with E-state index in [2.05, 4.69) is 20.2 Å². The average molecular weight is 841 g/mol. The van der Waals surface area contributed by atoms with Crippen molar-refractivity contribution < 1.29 is 53.1 Å². The molecule has 3 aliphatic heterocycles. The predicted octanol–water partition coefficient (Wildman–Crippen LogP) is 3.70. The SMILES string of the molecule is CC[C@H]1OC(=O)[C@H](C)C(=O)[C@H](C)[C@@H](O[C@@H]2O[C@H](C)C[C@H](N(C)C)[C@H]2O)[C@@]2(C)C[C@@H](C)C(=NC(C)=O)[C@H](C)[C@@H](OCC(=NOCc3ccc(-n4cccn4)nc3)CO2)[C@]1(C)O. The van der Waals surface area contributed by atoms with E-state index < -0.39 is 83.2 Å². The van der Waals surface area contributed by atoms with Crippen molar-refractivity contribution in [2.45, 2.75) is 142 Å². The molecule has 332 valence electrons. The molecule has 0 aromatic carbocycles. The van der Waals surface area contributed by atoms with Gasteiger partial charge in [0.25, 0.3) is 0 Å². The molecule has 0 radical (unpaired) electrons. The number of aliphatic hydroxyl groups is 2. The third kappa shape index (κ3) is 10.7. The molecule has 0 spiro atoms. The molecule has 3 saturated heterocycles. The molecule has 5 heterocycles. The van der Waals surface area contributed by atoms with Crippen LogP contribution in [0.4, 0.5) is 0 Å². The topological polar surface area (TPSA) is 206 Å². The molecule has 2 aromatic heterocycles. The minimum atomic E-state index is -1.86. The van der Waals surface area contributed by atoms with Crippen LogP contribution < -0.4 is 0 Å². The van der Waals surface area contributed by atoms with Crippen LogP contribution in [-0.2, 0) is 49.5 Å². The van der Waals surface area contributed by atoms with Crippen molar-refractivity contribution in [3.05, 3.63) is 42.4 Å². The van der Waals surface area contributed by atoms with Crippen molar-refractivity contribution >= 4 is 29.1 Å². The van der Waals surface area contributed by atoms with Gasteiger partial charge in [-0.1, -0.05) is 38.9 Å². The van der Waals surface area contributed by atoms with Crippen molar-refractivity contribution in [2.75, 3.05) is 27.3 Å². The van der Waals surface area contributed by atoms with Gasteiger partial charge in [-0.05, 0) is 79.1 Å². The van der Waals surface area contributed by atoms with Crippen LogP contribution in [0.1, 0.15) is 87.1 Å². The minimum Gasteiger partial charge on any atom is -0.459 e. The zero-order valence-electron chi connectivity index (χ0n) is 36.8. The minimum absolute atomic E-state index is 0.0440. The second-order valence-corrected chi connectivity index (χ2v) is 17.3. The number of carbonyl (C=O) groups is 3. The Morgan fingerprint density at radius 3 is 2.45 bits per heavy atom. The summed E-state index contributed by atoms with van der Waals surface area (Å²) in [5.41, 5.74) is -1.84. The number of hydrogen-bond acceptors (Lipinski definition) is 15. The van der Waals surface area contributed by atoms with Gasteiger partial charge in [-0.3, -0.25) is 14.4 Å². The van der Waals surface area contributed by atoms with Gasteiger partial charge in [0, 0.05) is 54.7 Å². The Labute approximate surface area is 352 Å². The molecule has 1 amide bonds. The monoisotopic (exact) mass is 840 g/mol. The van der Waals surface area contributed by atoms with Gasteiger partial charge in [0.2, 0.25) is 5.91 Å². The summed E-state index contributed by atoms with van der Waals surface area (Å²) in [6.07, 6.45) is -0.0360. The number of carbonyl (C=O) groups excluding carboxylic acids is 3. The summed E-state index contributed by atoms with van der Waals surface area (Å²) in [4.78, 5) is 58.0. The Balaban J connectivity index is 1.63. The summed E-state index contributed by atoms with van der Waals surface area (Å²) in [7, 11) is 3.73. The number of pyridine rings is 1. The number of rotatable bonds is 8. The molecule has 5 rings (SSSR count). The molecule has 0 saturated carbocycles. The van der Waals surface area contributed by atoms with Crippen LogP contribution in [0.15, 0.2) is 46.9 Å². The summed E-state index contributed by atoms with van der Waals surface area (Å²) < 4.78 is 34.1. The maximum absolute atomic E-state index is 14.5. The number of aliphatic imine (C=N–C) groups is 1. The number of nitrogens with zero attached hydrogens (tertiary/aromatic N) is 6. The Bertz CT molecular complexity index is 1840. The van der Waals surface area contributed by atoms with Gasteiger partial charge in [0.15, 0.2) is 17.9 Å². The zero-order chi connectivity index (χ0) is 44.1. The standard InChI is InChI=1S/C43H64N6O11/c1-12-33-43(9,54)39-26(4)35(46-29(7)50)24(2)19-42(8,56-23-31(22-55-39)47-57-21-30-14-15-34(44-20-30)49-17-13-16-45-49)38(27(5)36(51)28(6)40(53)59-33)60-41-37(52)32(48(10)11)18-25(3)58-41/h13-17,20,24-28,32-33,37-39,41,52,54H,12,18-19,21-23H2,1-11H3/t24-,25-,26+,27+,28-,32+,33-,37-,38-,39-,41+,42-,43-/m1/s1. The molecule has 2 N–H and O–H groups in total. The number of esters is 1. The largest absolute Gasteiger partial charge is 0.459 e. The van der Waals surface area contributed by atoms with Gasteiger partial charge in [-0.2, -0.15) is 5.10 Å². The van der Waals surface area contributed by atoms with Crippen molar-refractivity contribution in [1.82, 2.24) is 19.7 Å². The molecule has 0 unspecified atom stereocenters. The number of fused-ring (bicyclic) bond motifs is 5. The van der Waals surface area contributed by atoms with Crippen LogP contribution in [0.3, 0.4) is 0 Å². The smallest absolute Gasteiger partial charge is 0.316 e. The van der Waals surface area contributed by atoms with Crippen LogP contribution in [0, 0.1) is 23.7 Å². The van der Waals surface area contributed by atoms with E-state index in [1.165, 1.54) is 20.8 Å². The third-order valence-corrected chi connectivity index (χ3v) is 12.1. The molecule has 2 bridgehead atoms. The first kappa shape index (κ1) is 47.1. The van der Waals surface area contributed by atoms with Gasteiger partial charge >= 0.3 is 5.97 Å². The van der Waals surface area contributed by atoms with E-state index in [-0.39, 0.29) is 50.5 Å². The molecule has 2 aromatic rings. The van der Waals surface area contributed by atoms with Crippen LogP contribution in [0.5, 0.6) is 0 Å². The number of aliphatic hydroxyl groups excluding tert-OH is 1. The lowest BCUT2D eigenvalue weighted by atomic mass is 9.73. The summed E-state index contributed by atoms with van der Waals surface area (Å²) in [5, 5.41) is 32.8. The first-order valence-electron chi connectivity index (χ1n) is 20.9. The Morgan fingerprint density at radius 2 is 1.83 bits per heavy atom. The second-order valence-electron chi connectivity index (χ2n) is 17.3. The van der Waals surface area contributed by atoms with Gasteiger partial charge in [0.1, 0.15) is 36.0 Å². The van der Waals surface area contributed by atoms with Gasteiger partial charge in [0.05, 0.1) is 37.1 Å². The molecule has 3 aliphatic rings. The maximum Gasteiger partial charge on any atom is 0.316 e. The van der Waals surface area contributed by atoms with Crippen LogP contribution >= 0.6 is 0 Å². The highest BCUT2D eigenvalue weighted by molar-refractivity contribution is 6.00. The quantitative estimate of drug-likeness (QED) is 0.221. The number of ether oxygens (including phenoxy) is 5. The first-order chi connectivity index (χ1) is 28.3. The fourth-order valence-electron chi connectivity index (χ4n) is 8.85. The molecule has 13 atom stereocenters. The predicted molar refractivity (Wildman–Crippen MR) is 220 cm³/mol. The lowest BCUT2D eigenvalue weighted by Crippen LogP contribution is -2.60. The van der Waals surface area contributed by atoms with Gasteiger partial charge < -0.3 is 43.6 Å². The average Bonchev–Trinajstić information content (AvgIpc) is 3.74. The number of oxime groups is 1. The van der Waals surface area contributed by atoms with Crippen molar-refractivity contribution in [1.29, 1.82) is 0 Å². The fraction of sp³-hybridized carbons (Fsp3) is 0.698. The number of hydrogen-bond donors (Lipinski definition) is 2. The number of ketones is 1. The molecular weight excluding hydrogens is 777 g/mol. The summed E-state index contributed by atoms with van der Waals surface area (Å²) in [6.45, 7) is 14.7. The highest BCUT2D eigenvalue weighted by Crippen LogP contribution is 2.40. The van der Waals surface area contributed by atoms with Crippen LogP contribution in [-0.4, -0.2) is 140 Å². The number of Topliss-reactive ketones (excluding diaryl/α,β-unsaturated/α-hetero) is 1. The van der Waals surface area contributed by atoms with E-state index in [1.807, 2.05) is 38.9 Å². The molecule has 17 nitrogen and oxygen atoms in total. The summed E-state index contributed by atoms with van der Waals surface area (Å²) >= 11 is 0. The number of cyclic esters (lactones) is 1. The lowest BCUT2D eigenvalue weighted by Gasteiger charge is -2.47. The van der Waals surface area contributed by atoms with E-state index in [4.69, 9.17) is 28.5 Å². The van der Waals surface area contributed by atoms with E-state index >= 15 is 0 Å². The van der Waals surface area contributed by atoms with E-state index in [0.717, 1.165) is 5.56 Å². The number of aromatic nitrogens is 3. The molecule has 60 heavy (non-hydrogen) atoms. The van der Waals surface area contributed by atoms with E-state index in [9.17, 15) is 24.6 Å². The van der Waals surface area contributed by atoms with Crippen molar-refractivity contribution in [3.63, 3.8) is 0 Å². The number of likely N-dealkylation sites (N-methyl/N-ethyl adjacent to an activating group) is 1. The van der Waals surface area contributed by atoms with E-state index in [0.29, 0.717) is 18.0 Å². The van der Waals surface area contributed by atoms with Crippen molar-refractivity contribution in [2.24, 2.45) is 33.8 Å². The second kappa shape index (κ2) is 19.8. The van der Waals surface area contributed by atoms with Crippen LogP contribution in [0.25, 0.3) is 5.82 Å². The van der Waals surface area contributed by atoms with E-state index in [1.54, 1.807) is 63.1 Å². The maximum atomic E-state index is 14.5. The Hall–Kier alpha value is -3.97. The molecule has 3 fully saturated rings. The first-order valence-corrected chi connectivity index (χ1v) is 20.9. The molecule has 17 heteroatoms. The Kier molecular flexibility index (Phi) is 15.6. The summed E-state index contributed by atoms with van der Waals surface area (Å²) in [6, 6.07) is 5.13. The molecule has 0 aliphatic carbocycles. The lowest BCUT2D eigenvalue weighted by molar-refractivity contribution is -0.296. The Morgan fingerprint density at radius 1 is 1.10 bits per heavy atom. The normalized spacial score (nSPS) is 37.6. The number of amides is 1. The third-order valence-electron chi connectivity index (χ3n) is 12.1. The van der Waals surface area contributed by atoms with Gasteiger partial charge in [-0.15, -0.1) is 0 Å². The summed E-state index contributed by atoms with van der Waals surface area (Å²) in [5.74, 6) is -4.71. The highest BCUT2D eigenvalue weighted by atomic mass is 16.7. The van der Waals surface area contributed by atoms with Crippen LogP contribution in [0.2, 0.25) is 0 Å². The fourth-order valence-corrected chi connectivity index (χ4v) is 8.85. The molecular formula is C43H64N6O11. The zero-order valence-corrected chi connectivity index (χ0v) is 36.8. The van der Waals surface area contributed by atoms with Crippen molar-refractivity contribution in [3.8, 4) is 5.82 Å². The highest BCUT2D eigenvalue weighted by Gasteiger charge is 2.53.